The van der Waals surface area contributed by atoms with Crippen LogP contribution in [0, 0.1) is 6.92 Å². The molecule has 5 nitrogen and oxygen atoms in total. The van der Waals surface area contributed by atoms with Crippen LogP contribution in [0.3, 0.4) is 0 Å². The van der Waals surface area contributed by atoms with Gasteiger partial charge in [0.15, 0.2) is 0 Å². The van der Waals surface area contributed by atoms with E-state index in [1.165, 1.54) is 0 Å². The minimum absolute atomic E-state index is 0.0190. The van der Waals surface area contributed by atoms with E-state index < -0.39 is 0 Å². The van der Waals surface area contributed by atoms with Crippen LogP contribution >= 0.6 is 0 Å². The summed E-state index contributed by atoms with van der Waals surface area (Å²) in [5.74, 6) is 0.237. The summed E-state index contributed by atoms with van der Waals surface area (Å²) in [6.45, 7) is 5.65. The Morgan fingerprint density at radius 2 is 1.75 bits per heavy atom. The average molecular weight is 326 g/mol. The molecule has 2 rings (SSSR count). The summed E-state index contributed by atoms with van der Waals surface area (Å²) in [5.41, 5.74) is 2.29. The van der Waals surface area contributed by atoms with Crippen molar-refractivity contribution in [1.82, 2.24) is 5.32 Å². The summed E-state index contributed by atoms with van der Waals surface area (Å²) in [4.78, 5) is 24.7. The molecule has 2 aromatic carbocycles. The van der Waals surface area contributed by atoms with Gasteiger partial charge in [-0.05, 0) is 56.7 Å². The Labute approximate surface area is 142 Å². The molecule has 2 N–H and O–H groups in total. The zero-order valence-electron chi connectivity index (χ0n) is 14.3. The lowest BCUT2D eigenvalue weighted by molar-refractivity contribution is 0.0944. The van der Waals surface area contributed by atoms with Gasteiger partial charge in [-0.1, -0.05) is 12.1 Å². The number of benzene rings is 2. The second-order valence-corrected chi connectivity index (χ2v) is 5.81. The van der Waals surface area contributed by atoms with Crippen molar-refractivity contribution in [2.75, 3.05) is 12.4 Å². The quantitative estimate of drug-likeness (QED) is 0.885. The second-order valence-electron chi connectivity index (χ2n) is 5.81. The minimum Gasteiger partial charge on any atom is -0.496 e. The van der Waals surface area contributed by atoms with Crippen molar-refractivity contribution >= 4 is 17.5 Å². The molecule has 0 aliphatic heterocycles. The second kappa shape index (κ2) is 7.64. The molecule has 126 valence electrons. The first-order chi connectivity index (χ1) is 11.4. The molecule has 0 heterocycles. The first kappa shape index (κ1) is 17.5. The van der Waals surface area contributed by atoms with Crippen molar-refractivity contribution in [3.63, 3.8) is 0 Å². The van der Waals surface area contributed by atoms with E-state index in [0.717, 1.165) is 11.3 Å². The predicted molar refractivity (Wildman–Crippen MR) is 94.7 cm³/mol. The van der Waals surface area contributed by atoms with Crippen LogP contribution in [0.25, 0.3) is 0 Å². The highest BCUT2D eigenvalue weighted by atomic mass is 16.5. The van der Waals surface area contributed by atoms with E-state index in [1.807, 2.05) is 20.8 Å². The van der Waals surface area contributed by atoms with Crippen molar-refractivity contribution < 1.29 is 14.3 Å². The van der Waals surface area contributed by atoms with Gasteiger partial charge in [-0.15, -0.1) is 0 Å². The summed E-state index contributed by atoms with van der Waals surface area (Å²) < 4.78 is 5.20. The molecule has 5 heteroatoms. The third-order valence-electron chi connectivity index (χ3n) is 3.50. The van der Waals surface area contributed by atoms with E-state index in [1.54, 1.807) is 49.6 Å². The number of rotatable bonds is 5. The van der Waals surface area contributed by atoms with Crippen molar-refractivity contribution in [2.45, 2.75) is 26.8 Å². The van der Waals surface area contributed by atoms with Crippen LogP contribution < -0.4 is 15.4 Å². The first-order valence-electron chi connectivity index (χ1n) is 7.78. The highest BCUT2D eigenvalue weighted by Gasteiger charge is 2.15. The summed E-state index contributed by atoms with van der Waals surface area (Å²) in [6.07, 6.45) is 0. The van der Waals surface area contributed by atoms with Gasteiger partial charge in [-0.2, -0.15) is 0 Å². The number of carbonyl (C=O) groups is 2. The number of para-hydroxylation sites is 1. The van der Waals surface area contributed by atoms with E-state index >= 15 is 0 Å². The van der Waals surface area contributed by atoms with Crippen molar-refractivity contribution in [3.05, 3.63) is 59.2 Å². The maximum absolute atomic E-state index is 12.5. The van der Waals surface area contributed by atoms with Crippen LogP contribution in [0.4, 0.5) is 5.69 Å². The minimum atomic E-state index is -0.273. The zero-order chi connectivity index (χ0) is 17.7. The Balaban J connectivity index is 2.23. The predicted octanol–water partition coefficient (Wildman–Crippen LogP) is 3.39. The number of ether oxygens (including phenoxy) is 1. The van der Waals surface area contributed by atoms with E-state index in [-0.39, 0.29) is 17.9 Å². The average Bonchev–Trinajstić information content (AvgIpc) is 2.54. The summed E-state index contributed by atoms with van der Waals surface area (Å²) in [7, 11) is 1.59. The van der Waals surface area contributed by atoms with E-state index in [4.69, 9.17) is 4.74 Å². The fraction of sp³-hybridized carbons (Fsp3) is 0.263. The molecule has 0 spiro atoms. The maximum Gasteiger partial charge on any atom is 0.255 e. The molecule has 0 aliphatic rings. The van der Waals surface area contributed by atoms with Crippen LogP contribution in [0.5, 0.6) is 5.75 Å². The van der Waals surface area contributed by atoms with Crippen molar-refractivity contribution in [3.8, 4) is 5.75 Å². The molecular weight excluding hydrogens is 304 g/mol. The fourth-order valence-corrected chi connectivity index (χ4v) is 2.34. The van der Waals surface area contributed by atoms with Gasteiger partial charge in [0, 0.05) is 11.6 Å². The number of nitrogens with one attached hydrogen (secondary N) is 2. The van der Waals surface area contributed by atoms with Gasteiger partial charge in [-0.3, -0.25) is 9.59 Å². The lowest BCUT2D eigenvalue weighted by Gasteiger charge is -2.13. The molecule has 0 atom stereocenters. The molecule has 24 heavy (non-hydrogen) atoms. The highest BCUT2D eigenvalue weighted by molar-refractivity contribution is 6.09. The fourth-order valence-electron chi connectivity index (χ4n) is 2.34. The number of carbonyl (C=O) groups excluding carboxylic acids is 2. The monoisotopic (exact) mass is 326 g/mol. The van der Waals surface area contributed by atoms with Crippen molar-refractivity contribution in [1.29, 1.82) is 0 Å². The Morgan fingerprint density at radius 1 is 1.04 bits per heavy atom. The van der Waals surface area contributed by atoms with Crippen LogP contribution in [-0.2, 0) is 0 Å². The molecular formula is C19H22N2O3. The lowest BCUT2D eigenvalue weighted by atomic mass is 10.1. The number of aryl methyl sites for hydroxylation is 1. The van der Waals surface area contributed by atoms with E-state index in [2.05, 4.69) is 10.6 Å². The van der Waals surface area contributed by atoms with Crippen LogP contribution in [0.2, 0.25) is 0 Å². The van der Waals surface area contributed by atoms with Crippen molar-refractivity contribution in [2.24, 2.45) is 0 Å². The Bertz CT molecular complexity index is 754. The molecule has 0 saturated heterocycles. The third-order valence-corrected chi connectivity index (χ3v) is 3.50. The summed E-state index contributed by atoms with van der Waals surface area (Å²) >= 11 is 0. The molecule has 2 amide bonds. The Morgan fingerprint density at radius 3 is 2.38 bits per heavy atom. The molecule has 2 aromatic rings. The molecule has 0 fully saturated rings. The standard InChI is InChI=1S/C19H22N2O3/c1-12(2)20-19(23)15-7-5-6-8-16(15)21-18(22)14-9-10-17(24-4)13(3)11-14/h5-12H,1-4H3,(H,20,23)(H,21,22). The molecule has 0 aliphatic carbocycles. The number of anilines is 1. The van der Waals surface area contributed by atoms with Gasteiger partial charge in [0.1, 0.15) is 5.75 Å². The van der Waals surface area contributed by atoms with Crippen LogP contribution in [-0.4, -0.2) is 25.0 Å². The van der Waals surface area contributed by atoms with Crippen LogP contribution in [0.15, 0.2) is 42.5 Å². The number of hydrogen-bond acceptors (Lipinski definition) is 3. The third kappa shape index (κ3) is 4.13. The first-order valence-corrected chi connectivity index (χ1v) is 7.78. The number of methoxy groups -OCH3 is 1. The van der Waals surface area contributed by atoms with Gasteiger partial charge >= 0.3 is 0 Å². The van der Waals surface area contributed by atoms with Gasteiger partial charge in [-0.25, -0.2) is 0 Å². The summed E-state index contributed by atoms with van der Waals surface area (Å²) in [6, 6.07) is 12.2. The lowest BCUT2D eigenvalue weighted by Crippen LogP contribution is -2.31. The van der Waals surface area contributed by atoms with E-state index in [9.17, 15) is 9.59 Å². The SMILES string of the molecule is COc1ccc(C(=O)Nc2ccccc2C(=O)NC(C)C)cc1C. The molecule has 0 bridgehead atoms. The number of amides is 2. The topological polar surface area (TPSA) is 67.4 Å². The van der Waals surface area contributed by atoms with Crippen LogP contribution in [0.1, 0.15) is 40.1 Å². The maximum atomic E-state index is 12.5. The van der Waals surface area contributed by atoms with Gasteiger partial charge in [0.2, 0.25) is 0 Å². The normalized spacial score (nSPS) is 10.4. The number of hydrogen-bond donors (Lipinski definition) is 2. The smallest absolute Gasteiger partial charge is 0.255 e. The van der Waals surface area contributed by atoms with Gasteiger partial charge < -0.3 is 15.4 Å². The molecule has 0 unspecified atom stereocenters. The Hall–Kier alpha value is -2.82. The van der Waals surface area contributed by atoms with E-state index in [0.29, 0.717) is 16.8 Å². The summed E-state index contributed by atoms with van der Waals surface area (Å²) in [5, 5.41) is 5.63. The Kier molecular flexibility index (Phi) is 5.58. The van der Waals surface area contributed by atoms with Gasteiger partial charge in [0.25, 0.3) is 11.8 Å². The molecule has 0 radical (unpaired) electrons. The molecule has 0 aromatic heterocycles. The zero-order valence-corrected chi connectivity index (χ0v) is 14.3. The highest BCUT2D eigenvalue weighted by Crippen LogP contribution is 2.21. The van der Waals surface area contributed by atoms with Gasteiger partial charge in [0.05, 0.1) is 18.4 Å². The molecule has 0 saturated carbocycles. The largest absolute Gasteiger partial charge is 0.496 e.